The number of hydrogen-bond acceptors (Lipinski definition) is 5. The molecule has 2 unspecified atom stereocenters. The predicted octanol–water partition coefficient (Wildman–Crippen LogP) is 5.64. The second-order valence-electron chi connectivity index (χ2n) is 11.6. The van der Waals surface area contributed by atoms with Crippen LogP contribution in [0.3, 0.4) is 0 Å². The molecule has 0 bridgehead atoms. The number of nitrogens with zero attached hydrogens (tertiary/aromatic N) is 1. The zero-order valence-electron chi connectivity index (χ0n) is 24.2. The van der Waals surface area contributed by atoms with E-state index < -0.39 is 35.2 Å². The first-order chi connectivity index (χ1) is 17.7. The van der Waals surface area contributed by atoms with Crippen LogP contribution in [0.2, 0.25) is 0 Å². The van der Waals surface area contributed by atoms with Gasteiger partial charge in [0, 0.05) is 23.4 Å². The maximum Gasteiger partial charge on any atom is 0.408 e. The standard InChI is InChI=1S/C30H47N3O4S/c1-9-11-12-13-14-15-20-33(27(35)24(21-38)31-28(36)37-30(6,7)8)25(26(34)32-29(3,4)5)23-18-16-22(10-2)17-19-23/h2,16-19,24-25,38H,9,11-15,20-21H2,1,3-8H3,(H,31,36)(H,32,34). The number of unbranched alkanes of at least 4 members (excludes halogenated alkanes) is 5. The zero-order chi connectivity index (χ0) is 28.9. The summed E-state index contributed by atoms with van der Waals surface area (Å²) in [6.45, 7) is 13.5. The van der Waals surface area contributed by atoms with Crippen molar-refractivity contribution in [2.24, 2.45) is 0 Å². The first-order valence-corrected chi connectivity index (χ1v) is 14.1. The van der Waals surface area contributed by atoms with Crippen molar-refractivity contribution in [1.29, 1.82) is 0 Å². The molecular formula is C30H47N3O4S. The zero-order valence-corrected chi connectivity index (χ0v) is 25.1. The van der Waals surface area contributed by atoms with Crippen molar-refractivity contribution in [3.63, 3.8) is 0 Å². The molecule has 1 aromatic carbocycles. The topological polar surface area (TPSA) is 87.7 Å². The summed E-state index contributed by atoms with van der Waals surface area (Å²) in [5, 5.41) is 5.67. The van der Waals surface area contributed by atoms with Crippen LogP contribution < -0.4 is 10.6 Å². The van der Waals surface area contributed by atoms with Crippen molar-refractivity contribution in [3.05, 3.63) is 35.4 Å². The molecule has 0 aromatic heterocycles. The molecule has 0 saturated heterocycles. The number of nitrogens with one attached hydrogen (secondary N) is 2. The number of carbonyl (C=O) groups is 3. The molecule has 0 aliphatic heterocycles. The molecule has 0 fully saturated rings. The molecule has 0 saturated carbocycles. The third-order valence-electron chi connectivity index (χ3n) is 5.66. The molecule has 3 amide bonds. The Hall–Kier alpha value is -2.66. The minimum absolute atomic E-state index is 0.0503. The third-order valence-corrected chi connectivity index (χ3v) is 6.02. The van der Waals surface area contributed by atoms with Crippen LogP contribution in [0.15, 0.2) is 24.3 Å². The summed E-state index contributed by atoms with van der Waals surface area (Å²) in [4.78, 5) is 41.7. The Bertz CT molecular complexity index is 942. The van der Waals surface area contributed by atoms with Gasteiger partial charge in [-0.05, 0) is 65.7 Å². The molecule has 7 nitrogen and oxygen atoms in total. The highest BCUT2D eigenvalue weighted by Gasteiger charge is 2.36. The molecule has 0 radical (unpaired) electrons. The van der Waals surface area contributed by atoms with Crippen LogP contribution >= 0.6 is 12.6 Å². The molecule has 0 spiro atoms. The van der Waals surface area contributed by atoms with E-state index in [9.17, 15) is 14.4 Å². The van der Waals surface area contributed by atoms with Gasteiger partial charge >= 0.3 is 6.09 Å². The van der Waals surface area contributed by atoms with Gasteiger partial charge in [-0.1, -0.05) is 57.1 Å². The highest BCUT2D eigenvalue weighted by Crippen LogP contribution is 2.25. The van der Waals surface area contributed by atoms with Crippen molar-refractivity contribution >= 4 is 30.5 Å². The molecule has 2 atom stereocenters. The summed E-state index contributed by atoms with van der Waals surface area (Å²) in [5.41, 5.74) is 0.0822. The lowest BCUT2D eigenvalue weighted by atomic mass is 9.99. The van der Waals surface area contributed by atoms with E-state index in [0.717, 1.165) is 32.1 Å². The number of hydrogen-bond donors (Lipinski definition) is 3. The summed E-state index contributed by atoms with van der Waals surface area (Å²) >= 11 is 4.35. The summed E-state index contributed by atoms with van der Waals surface area (Å²) in [7, 11) is 0. The van der Waals surface area contributed by atoms with E-state index >= 15 is 0 Å². The van der Waals surface area contributed by atoms with E-state index in [2.05, 4.69) is 36.1 Å². The molecule has 8 heteroatoms. The maximum absolute atomic E-state index is 13.9. The van der Waals surface area contributed by atoms with Crippen LogP contribution in [0.4, 0.5) is 4.79 Å². The van der Waals surface area contributed by atoms with Gasteiger partial charge in [-0.25, -0.2) is 4.79 Å². The lowest BCUT2D eigenvalue weighted by molar-refractivity contribution is -0.142. The average molecular weight is 546 g/mol. The fraction of sp³-hybridized carbons (Fsp3) is 0.633. The van der Waals surface area contributed by atoms with Gasteiger partial charge in [-0.3, -0.25) is 9.59 Å². The second-order valence-corrected chi connectivity index (χ2v) is 12.0. The van der Waals surface area contributed by atoms with Gasteiger partial charge in [-0.15, -0.1) is 6.42 Å². The molecule has 38 heavy (non-hydrogen) atoms. The Balaban J connectivity index is 3.39. The maximum atomic E-state index is 13.9. The van der Waals surface area contributed by atoms with Crippen molar-refractivity contribution < 1.29 is 19.1 Å². The predicted molar refractivity (Wildman–Crippen MR) is 157 cm³/mol. The highest BCUT2D eigenvalue weighted by atomic mass is 32.1. The minimum Gasteiger partial charge on any atom is -0.444 e. The van der Waals surface area contributed by atoms with E-state index in [1.54, 1.807) is 49.9 Å². The quantitative estimate of drug-likeness (QED) is 0.170. The third kappa shape index (κ3) is 12.3. The number of alkyl carbamates (subject to hydrolysis) is 1. The van der Waals surface area contributed by atoms with E-state index in [1.807, 2.05) is 20.8 Å². The Morgan fingerprint density at radius 3 is 2.08 bits per heavy atom. The van der Waals surface area contributed by atoms with Crippen molar-refractivity contribution in [2.75, 3.05) is 12.3 Å². The molecule has 0 aliphatic carbocycles. The first-order valence-electron chi connectivity index (χ1n) is 13.5. The normalized spacial score (nSPS) is 13.1. The number of terminal acetylenes is 1. The number of carbonyl (C=O) groups excluding carboxylic acids is 3. The molecular weight excluding hydrogens is 498 g/mol. The minimum atomic E-state index is -0.969. The van der Waals surface area contributed by atoms with E-state index in [-0.39, 0.29) is 11.7 Å². The van der Waals surface area contributed by atoms with Gasteiger partial charge in [0.2, 0.25) is 11.8 Å². The van der Waals surface area contributed by atoms with Crippen molar-refractivity contribution in [2.45, 2.75) is 110 Å². The van der Waals surface area contributed by atoms with Gasteiger partial charge in [0.1, 0.15) is 17.7 Å². The van der Waals surface area contributed by atoms with E-state index in [4.69, 9.17) is 11.2 Å². The summed E-state index contributed by atoms with van der Waals surface area (Å²) in [6.07, 6.45) is 11.0. The molecule has 0 aliphatic rings. The average Bonchev–Trinajstić information content (AvgIpc) is 2.81. The summed E-state index contributed by atoms with van der Waals surface area (Å²) in [5.74, 6) is 1.94. The lowest BCUT2D eigenvalue weighted by Crippen LogP contribution is -2.55. The molecule has 212 valence electrons. The van der Waals surface area contributed by atoms with E-state index in [1.165, 1.54) is 6.42 Å². The Kier molecular flexibility index (Phi) is 13.8. The number of thiol groups is 1. The van der Waals surface area contributed by atoms with Gasteiger partial charge in [0.15, 0.2) is 0 Å². The first kappa shape index (κ1) is 33.4. The van der Waals surface area contributed by atoms with Gasteiger partial charge < -0.3 is 20.3 Å². The Morgan fingerprint density at radius 2 is 1.58 bits per heavy atom. The highest BCUT2D eigenvalue weighted by molar-refractivity contribution is 7.80. The van der Waals surface area contributed by atoms with Crippen LogP contribution in [-0.2, 0) is 14.3 Å². The Labute approximate surface area is 235 Å². The largest absolute Gasteiger partial charge is 0.444 e. The number of ether oxygens (including phenoxy) is 1. The Morgan fingerprint density at radius 1 is 1.00 bits per heavy atom. The van der Waals surface area contributed by atoms with Gasteiger partial charge in [0.05, 0.1) is 0 Å². The second kappa shape index (κ2) is 15.7. The fourth-order valence-electron chi connectivity index (χ4n) is 3.94. The summed E-state index contributed by atoms with van der Waals surface area (Å²) in [6, 6.07) is 5.20. The van der Waals surface area contributed by atoms with Crippen LogP contribution in [0.5, 0.6) is 0 Å². The smallest absolute Gasteiger partial charge is 0.408 e. The monoisotopic (exact) mass is 545 g/mol. The van der Waals surface area contributed by atoms with Gasteiger partial charge in [-0.2, -0.15) is 12.6 Å². The van der Waals surface area contributed by atoms with Crippen LogP contribution in [0, 0.1) is 12.3 Å². The molecule has 1 aromatic rings. The SMILES string of the molecule is C#Cc1ccc(C(C(=O)NC(C)(C)C)N(CCCCCCCC)C(=O)C(CS)NC(=O)OC(C)(C)C)cc1. The molecule has 2 N–H and O–H groups in total. The van der Waals surface area contributed by atoms with Crippen molar-refractivity contribution in [3.8, 4) is 12.3 Å². The molecule has 1 rings (SSSR count). The van der Waals surface area contributed by atoms with Crippen LogP contribution in [0.25, 0.3) is 0 Å². The van der Waals surface area contributed by atoms with Crippen molar-refractivity contribution in [1.82, 2.24) is 15.5 Å². The fourth-order valence-corrected chi connectivity index (χ4v) is 4.18. The van der Waals surface area contributed by atoms with Crippen LogP contribution in [0.1, 0.15) is 104 Å². The number of rotatable bonds is 13. The van der Waals surface area contributed by atoms with E-state index in [0.29, 0.717) is 17.7 Å². The van der Waals surface area contributed by atoms with Gasteiger partial charge in [0.25, 0.3) is 0 Å². The summed E-state index contributed by atoms with van der Waals surface area (Å²) < 4.78 is 5.37. The van der Waals surface area contributed by atoms with Crippen LogP contribution in [-0.4, -0.2) is 52.3 Å². The number of benzene rings is 1. The number of amides is 3. The lowest BCUT2D eigenvalue weighted by Gasteiger charge is -2.36. The molecule has 0 heterocycles.